The Bertz CT molecular complexity index is 1050. The molecule has 0 aliphatic carbocycles. The fourth-order valence-corrected chi connectivity index (χ4v) is 3.28. The van der Waals surface area contributed by atoms with Crippen molar-refractivity contribution in [2.24, 2.45) is 16.5 Å². The van der Waals surface area contributed by atoms with Gasteiger partial charge in [0, 0.05) is 24.3 Å². The number of amidine groups is 1. The number of rotatable bonds is 6. The van der Waals surface area contributed by atoms with Crippen LogP contribution in [-0.2, 0) is 4.74 Å². The predicted octanol–water partition coefficient (Wildman–Crippen LogP) is 1.06. The highest BCUT2D eigenvalue weighted by Gasteiger charge is 2.30. The molecular formula is C19H25N8O2+. The van der Waals surface area contributed by atoms with Gasteiger partial charge in [-0.05, 0) is 5.92 Å². The highest BCUT2D eigenvalue weighted by Crippen LogP contribution is 2.28. The van der Waals surface area contributed by atoms with Gasteiger partial charge < -0.3 is 20.9 Å². The number of aromatic amines is 2. The minimum atomic E-state index is -0.284. The number of aliphatic imine (C=N–C) groups is 1. The Hall–Kier alpha value is -3.40. The molecule has 3 aromatic heterocycles. The minimum absolute atomic E-state index is 0.105. The average Bonchev–Trinajstić information content (AvgIpc) is 3.42. The summed E-state index contributed by atoms with van der Waals surface area (Å²) in [6.45, 7) is 4.61. The van der Waals surface area contributed by atoms with Gasteiger partial charge in [-0.1, -0.05) is 18.4 Å². The molecule has 10 heteroatoms. The Kier molecular flexibility index (Phi) is 5.17. The van der Waals surface area contributed by atoms with Gasteiger partial charge >= 0.3 is 0 Å². The Morgan fingerprint density at radius 2 is 2.31 bits per heavy atom. The summed E-state index contributed by atoms with van der Waals surface area (Å²) in [7, 11) is 0. The van der Waals surface area contributed by atoms with Crippen LogP contribution in [0.25, 0.3) is 5.52 Å². The molecule has 0 unspecified atom stereocenters. The van der Waals surface area contributed by atoms with Crippen molar-refractivity contribution in [1.82, 2.24) is 20.3 Å². The molecule has 10 nitrogen and oxygen atoms in total. The first-order valence-corrected chi connectivity index (χ1v) is 9.47. The maximum atomic E-state index is 6.21. The zero-order chi connectivity index (χ0) is 20.4. The maximum absolute atomic E-state index is 6.21. The van der Waals surface area contributed by atoms with E-state index < -0.39 is 0 Å². The number of fused-ring (bicyclic) bond motifs is 1. The van der Waals surface area contributed by atoms with Gasteiger partial charge in [0.2, 0.25) is 12.0 Å². The van der Waals surface area contributed by atoms with E-state index in [9.17, 15) is 0 Å². The van der Waals surface area contributed by atoms with Crippen molar-refractivity contribution in [3.63, 3.8) is 0 Å². The third-order valence-electron chi connectivity index (χ3n) is 4.74. The number of nitrogens with zero attached hydrogens (tertiary/aromatic N) is 4. The normalized spacial score (nSPS) is 20.7. The van der Waals surface area contributed by atoms with E-state index >= 15 is 0 Å². The van der Waals surface area contributed by atoms with Crippen LogP contribution >= 0.6 is 0 Å². The van der Waals surface area contributed by atoms with Crippen LogP contribution in [0, 0.1) is 0 Å². The van der Waals surface area contributed by atoms with Gasteiger partial charge in [0.1, 0.15) is 18.0 Å². The van der Waals surface area contributed by atoms with E-state index in [0.29, 0.717) is 30.5 Å². The maximum Gasteiger partial charge on any atom is 0.281 e. The number of hydrogen-bond donors (Lipinski definition) is 4. The van der Waals surface area contributed by atoms with Crippen LogP contribution < -0.4 is 20.7 Å². The molecule has 0 spiro atoms. The topological polar surface area (TPSA) is 144 Å². The summed E-state index contributed by atoms with van der Waals surface area (Å²) in [6, 6.07) is 1.87. The fraction of sp³-hybridized carbons (Fsp3) is 0.368. The van der Waals surface area contributed by atoms with Crippen LogP contribution in [0.5, 0.6) is 5.75 Å². The van der Waals surface area contributed by atoms with E-state index in [4.69, 9.17) is 20.9 Å². The van der Waals surface area contributed by atoms with Gasteiger partial charge in [-0.2, -0.15) is 10.2 Å². The van der Waals surface area contributed by atoms with Gasteiger partial charge in [0.05, 0.1) is 30.9 Å². The molecule has 29 heavy (non-hydrogen) atoms. The molecule has 6 N–H and O–H groups in total. The standard InChI is InChI=1S/C19H24N8O2/c1-11(2)18-16(9-23-26-18)29-12-7-15(28-10-12)13(20)8-17(21)25-19-14-3-4-24-27(14)6-5-22-19/h3-6,8-9,11-12,15H,7,10H2,1-2H3,(H5,20,21,22,23,25,26)/p+1/t12-,15-/m1/s1. The van der Waals surface area contributed by atoms with Gasteiger partial charge in [0.15, 0.2) is 5.75 Å². The number of nitrogens with one attached hydrogen (secondary N) is 2. The van der Waals surface area contributed by atoms with E-state index in [1.165, 1.54) is 0 Å². The smallest absolute Gasteiger partial charge is 0.281 e. The Morgan fingerprint density at radius 3 is 3.14 bits per heavy atom. The highest BCUT2D eigenvalue weighted by atomic mass is 16.6. The van der Waals surface area contributed by atoms with Gasteiger partial charge in [-0.15, -0.1) is 0 Å². The fourth-order valence-electron chi connectivity index (χ4n) is 3.28. The largest absolute Gasteiger partial charge is 0.484 e. The number of ether oxygens (including phenoxy) is 2. The van der Waals surface area contributed by atoms with Crippen LogP contribution in [0.2, 0.25) is 0 Å². The van der Waals surface area contributed by atoms with Crippen LogP contribution in [0.1, 0.15) is 31.9 Å². The molecule has 152 valence electrons. The van der Waals surface area contributed by atoms with E-state index in [1.807, 2.05) is 6.07 Å². The Morgan fingerprint density at radius 1 is 1.45 bits per heavy atom. The van der Waals surface area contributed by atoms with Crippen molar-refractivity contribution < 1.29 is 14.0 Å². The van der Waals surface area contributed by atoms with Crippen LogP contribution in [0.3, 0.4) is 0 Å². The van der Waals surface area contributed by atoms with Crippen LogP contribution in [0.4, 0.5) is 5.82 Å². The average molecular weight is 397 g/mol. The first-order chi connectivity index (χ1) is 14.0. The minimum Gasteiger partial charge on any atom is -0.484 e. The van der Waals surface area contributed by atoms with Crippen molar-refractivity contribution in [1.29, 1.82) is 0 Å². The molecule has 1 saturated heterocycles. The summed E-state index contributed by atoms with van der Waals surface area (Å²) in [5.41, 5.74) is 14.6. The second kappa shape index (κ2) is 7.92. The highest BCUT2D eigenvalue weighted by molar-refractivity contribution is 5.94. The SMILES string of the molecule is CC(C)c1[nH]ncc1O[C@H]1CO[C@@H](/C(N)=C/C(N)=Nc2ncc[n+]3[nH]ccc23)C1. The number of nitrogens with two attached hydrogens (primary N) is 2. The van der Waals surface area contributed by atoms with E-state index in [0.717, 1.165) is 17.0 Å². The van der Waals surface area contributed by atoms with Crippen molar-refractivity contribution in [3.8, 4) is 5.75 Å². The van der Waals surface area contributed by atoms with Crippen molar-refractivity contribution in [3.05, 3.63) is 48.3 Å². The molecule has 0 radical (unpaired) electrons. The first-order valence-electron chi connectivity index (χ1n) is 9.47. The van der Waals surface area contributed by atoms with E-state index in [2.05, 4.69) is 39.1 Å². The van der Waals surface area contributed by atoms with Crippen molar-refractivity contribution in [2.75, 3.05) is 6.61 Å². The summed E-state index contributed by atoms with van der Waals surface area (Å²) in [5.74, 6) is 1.81. The summed E-state index contributed by atoms with van der Waals surface area (Å²) in [5, 5.41) is 10.1. The summed E-state index contributed by atoms with van der Waals surface area (Å²) in [6.07, 6.45) is 8.78. The lowest BCUT2D eigenvalue weighted by molar-refractivity contribution is -0.576. The quantitative estimate of drug-likeness (QED) is 0.278. The molecule has 0 bridgehead atoms. The monoisotopic (exact) mass is 397 g/mol. The number of H-pyrrole nitrogens is 2. The molecule has 1 fully saturated rings. The van der Waals surface area contributed by atoms with Gasteiger partial charge in [0.25, 0.3) is 5.52 Å². The molecule has 4 heterocycles. The van der Waals surface area contributed by atoms with Crippen LogP contribution in [0.15, 0.2) is 47.6 Å². The molecule has 0 amide bonds. The first kappa shape index (κ1) is 18.9. The molecule has 2 atom stereocenters. The predicted molar refractivity (Wildman–Crippen MR) is 107 cm³/mol. The van der Waals surface area contributed by atoms with Crippen LogP contribution in [-0.4, -0.2) is 44.9 Å². The third-order valence-corrected chi connectivity index (χ3v) is 4.74. The number of hydrogen-bond acceptors (Lipinski definition) is 6. The van der Waals surface area contributed by atoms with Gasteiger partial charge in [-0.3, -0.25) is 5.10 Å². The molecule has 3 aromatic rings. The molecule has 0 aromatic carbocycles. The molecule has 0 saturated carbocycles. The molecule has 4 rings (SSSR count). The lowest BCUT2D eigenvalue weighted by atomic mass is 10.1. The molecule has 1 aliphatic heterocycles. The Labute approximate surface area is 167 Å². The summed E-state index contributed by atoms with van der Waals surface area (Å²) >= 11 is 0. The van der Waals surface area contributed by atoms with Crippen molar-refractivity contribution in [2.45, 2.75) is 38.4 Å². The van der Waals surface area contributed by atoms with E-state index in [1.54, 1.807) is 35.4 Å². The third kappa shape index (κ3) is 4.06. The second-order valence-electron chi connectivity index (χ2n) is 7.25. The molecule has 1 aliphatic rings. The second-order valence-corrected chi connectivity index (χ2v) is 7.25. The van der Waals surface area contributed by atoms with Gasteiger partial charge in [-0.25, -0.2) is 9.98 Å². The Balaban J connectivity index is 1.43. The zero-order valence-corrected chi connectivity index (χ0v) is 16.4. The summed E-state index contributed by atoms with van der Waals surface area (Å²) in [4.78, 5) is 8.63. The molecular weight excluding hydrogens is 372 g/mol. The van der Waals surface area contributed by atoms with Crippen molar-refractivity contribution >= 4 is 17.2 Å². The lowest BCUT2D eigenvalue weighted by Crippen LogP contribution is -2.23. The zero-order valence-electron chi connectivity index (χ0n) is 16.4. The van der Waals surface area contributed by atoms with E-state index in [-0.39, 0.29) is 18.0 Å². The summed E-state index contributed by atoms with van der Waals surface area (Å²) < 4.78 is 13.7. The lowest BCUT2D eigenvalue weighted by Gasteiger charge is -2.13. The number of aromatic nitrogens is 5.